The third-order valence-corrected chi connectivity index (χ3v) is 14.6. The number of hydrogen-bond acceptors (Lipinski definition) is 0. The molecule has 140 valence electrons. The molecule has 0 saturated carbocycles. The van der Waals surface area contributed by atoms with Crippen molar-refractivity contribution in [3.8, 4) is 0 Å². The Labute approximate surface area is 174 Å². The standard InChI is InChI=1S/C27H23P2/c1-5-13-24(14-6-1)28(25-15-7-2-8-16-25)21-22-29(23-28,26-17-9-3-10-18-26)27-19-11-4-12-20-27/h1-23H/q+1. The van der Waals surface area contributed by atoms with Gasteiger partial charge in [-0.05, 0) is 48.5 Å². The van der Waals surface area contributed by atoms with Crippen LogP contribution in [0.3, 0.4) is 0 Å². The first-order chi connectivity index (χ1) is 14.3. The maximum Gasteiger partial charge on any atom is 0.0780 e. The quantitative estimate of drug-likeness (QED) is 0.290. The summed E-state index contributed by atoms with van der Waals surface area (Å²) in [6, 6.07) is 44.3. The van der Waals surface area contributed by atoms with Crippen LogP contribution in [-0.4, -0.2) is 0 Å². The molecule has 0 radical (unpaired) electrons. The molecule has 1 aliphatic heterocycles. The van der Waals surface area contributed by atoms with Crippen molar-refractivity contribution in [1.82, 2.24) is 0 Å². The fraction of sp³-hybridized carbons (Fsp3) is 0. The van der Waals surface area contributed by atoms with Gasteiger partial charge >= 0.3 is 0 Å². The smallest absolute Gasteiger partial charge is 0.0620 e. The van der Waals surface area contributed by atoms with E-state index < -0.39 is 14.5 Å². The van der Waals surface area contributed by atoms with Gasteiger partial charge in [-0.1, -0.05) is 72.8 Å². The summed E-state index contributed by atoms with van der Waals surface area (Å²) in [6.07, 6.45) is 0. The van der Waals surface area contributed by atoms with E-state index in [1.807, 2.05) is 0 Å². The van der Waals surface area contributed by atoms with Crippen LogP contribution in [0.2, 0.25) is 0 Å². The highest BCUT2D eigenvalue weighted by molar-refractivity contribution is 8.12. The third-order valence-electron chi connectivity index (χ3n) is 5.63. The van der Waals surface area contributed by atoms with Crippen LogP contribution in [0.5, 0.6) is 0 Å². The maximum absolute atomic E-state index is 2.75. The van der Waals surface area contributed by atoms with Crippen LogP contribution in [0, 0.1) is 5.90 Å². The fourth-order valence-electron chi connectivity index (χ4n) is 4.18. The molecule has 0 unspecified atom stereocenters. The SMILES string of the molecule is C1=C[P+](c2ccccc2)(c2ccccc2)[CH-][P+]1(c1ccccc1)c1ccccc1. The Morgan fingerprint density at radius 2 is 0.586 bits per heavy atom. The monoisotopic (exact) mass is 409 g/mol. The van der Waals surface area contributed by atoms with Crippen molar-refractivity contribution in [2.45, 2.75) is 0 Å². The molecular formula is C27H23P2+. The largest absolute Gasteiger partial charge is 0.0780 e. The Hall–Kier alpha value is -2.52. The first-order valence-electron chi connectivity index (χ1n) is 9.90. The second-order valence-electron chi connectivity index (χ2n) is 7.31. The van der Waals surface area contributed by atoms with Crippen LogP contribution < -0.4 is 21.2 Å². The van der Waals surface area contributed by atoms with E-state index in [9.17, 15) is 0 Å². The molecule has 1 heterocycles. The van der Waals surface area contributed by atoms with Crippen LogP contribution in [0.1, 0.15) is 0 Å². The molecule has 4 aromatic rings. The molecule has 1 aliphatic rings. The van der Waals surface area contributed by atoms with Crippen LogP contribution in [-0.2, 0) is 0 Å². The summed E-state index contributed by atoms with van der Waals surface area (Å²) in [4.78, 5) is 0. The average molecular weight is 409 g/mol. The van der Waals surface area contributed by atoms with Gasteiger partial charge in [0.05, 0.1) is 32.9 Å². The molecular weight excluding hydrogens is 386 g/mol. The highest BCUT2D eigenvalue weighted by Crippen LogP contribution is 2.83. The lowest BCUT2D eigenvalue weighted by molar-refractivity contribution is 1.74. The molecule has 0 aromatic heterocycles. The maximum atomic E-state index is 2.75. The lowest BCUT2D eigenvalue weighted by Crippen LogP contribution is -2.24. The molecule has 0 bridgehead atoms. The molecule has 0 spiro atoms. The van der Waals surface area contributed by atoms with Gasteiger partial charge < -0.3 is 0 Å². The Kier molecular flexibility index (Phi) is 4.92. The van der Waals surface area contributed by atoms with Gasteiger partial charge in [-0.15, -0.1) is 0 Å². The van der Waals surface area contributed by atoms with E-state index in [-0.39, 0.29) is 0 Å². The molecule has 2 heteroatoms. The summed E-state index contributed by atoms with van der Waals surface area (Å²) < 4.78 is 0. The molecule has 5 rings (SSSR count). The summed E-state index contributed by atoms with van der Waals surface area (Å²) >= 11 is 0. The first kappa shape index (κ1) is 18.5. The molecule has 0 fully saturated rings. The predicted octanol–water partition coefficient (Wildman–Crippen LogP) is 5.93. The Morgan fingerprint density at radius 1 is 0.345 bits per heavy atom. The number of benzene rings is 4. The van der Waals surface area contributed by atoms with Crippen molar-refractivity contribution in [3.63, 3.8) is 0 Å². The van der Waals surface area contributed by atoms with E-state index in [1.165, 1.54) is 21.2 Å². The lowest BCUT2D eigenvalue weighted by atomic mass is 10.4. The Balaban J connectivity index is 1.74. The van der Waals surface area contributed by atoms with Crippen LogP contribution >= 0.6 is 14.5 Å². The molecule has 0 atom stereocenters. The number of hydrogen-bond donors (Lipinski definition) is 0. The van der Waals surface area contributed by atoms with E-state index >= 15 is 0 Å². The van der Waals surface area contributed by atoms with E-state index in [4.69, 9.17) is 0 Å². The minimum absolute atomic E-state index is 1.43. The predicted molar refractivity (Wildman–Crippen MR) is 132 cm³/mol. The Morgan fingerprint density at radius 3 is 0.828 bits per heavy atom. The van der Waals surface area contributed by atoms with Gasteiger partial charge in [0.2, 0.25) is 0 Å². The third kappa shape index (κ3) is 3.18. The molecule has 0 aliphatic carbocycles. The van der Waals surface area contributed by atoms with Crippen molar-refractivity contribution >= 4 is 35.7 Å². The first-order valence-corrected chi connectivity index (χ1v) is 13.8. The molecule has 0 amide bonds. The molecule has 0 saturated heterocycles. The normalized spacial score (nSPS) is 16.6. The second kappa shape index (κ2) is 7.72. The van der Waals surface area contributed by atoms with Crippen molar-refractivity contribution in [2.75, 3.05) is 0 Å². The van der Waals surface area contributed by atoms with Crippen molar-refractivity contribution < 1.29 is 0 Å². The van der Waals surface area contributed by atoms with Gasteiger partial charge in [-0.2, -0.15) is 0 Å². The lowest BCUT2D eigenvalue weighted by Gasteiger charge is -2.33. The Bertz CT molecular complexity index is 934. The van der Waals surface area contributed by atoms with E-state index in [0.717, 1.165) is 0 Å². The van der Waals surface area contributed by atoms with E-state index in [2.05, 4.69) is 139 Å². The summed E-state index contributed by atoms with van der Waals surface area (Å²) in [5.74, 6) is 7.84. The summed E-state index contributed by atoms with van der Waals surface area (Å²) in [7, 11) is -3.52. The zero-order valence-electron chi connectivity index (χ0n) is 16.2. The van der Waals surface area contributed by atoms with Gasteiger partial charge in [0, 0.05) is 20.4 Å². The second-order valence-corrected chi connectivity index (χ2v) is 14.0. The van der Waals surface area contributed by atoms with Crippen LogP contribution in [0.15, 0.2) is 133 Å². The van der Waals surface area contributed by atoms with Gasteiger partial charge in [0.1, 0.15) is 0 Å². The van der Waals surface area contributed by atoms with E-state index in [1.54, 1.807) is 0 Å². The number of rotatable bonds is 4. The minimum Gasteiger partial charge on any atom is -0.0620 e. The topological polar surface area (TPSA) is 0 Å². The molecule has 0 nitrogen and oxygen atoms in total. The van der Waals surface area contributed by atoms with Crippen molar-refractivity contribution in [1.29, 1.82) is 0 Å². The van der Waals surface area contributed by atoms with Crippen molar-refractivity contribution in [2.24, 2.45) is 0 Å². The fourth-order valence-corrected chi connectivity index (χ4v) is 14.9. The zero-order valence-corrected chi connectivity index (χ0v) is 18.0. The molecule has 4 aromatic carbocycles. The minimum atomic E-state index is -1.76. The van der Waals surface area contributed by atoms with E-state index in [0.29, 0.717) is 0 Å². The average Bonchev–Trinajstić information content (AvgIpc) is 3.25. The van der Waals surface area contributed by atoms with Gasteiger partial charge in [0.15, 0.2) is 0 Å². The van der Waals surface area contributed by atoms with Gasteiger partial charge in [0.25, 0.3) is 0 Å². The van der Waals surface area contributed by atoms with Crippen LogP contribution in [0.25, 0.3) is 0 Å². The summed E-state index contributed by atoms with van der Waals surface area (Å²) in [5, 5.41) is 5.71. The van der Waals surface area contributed by atoms with Crippen LogP contribution in [0.4, 0.5) is 0 Å². The van der Waals surface area contributed by atoms with Crippen molar-refractivity contribution in [3.05, 3.63) is 139 Å². The summed E-state index contributed by atoms with van der Waals surface area (Å²) in [6.45, 7) is 0. The summed E-state index contributed by atoms with van der Waals surface area (Å²) in [5.41, 5.74) is 0. The highest BCUT2D eigenvalue weighted by Gasteiger charge is 2.51. The van der Waals surface area contributed by atoms with Gasteiger partial charge in [-0.3, -0.25) is 0 Å². The molecule has 0 N–H and O–H groups in total. The zero-order chi connectivity index (χ0) is 19.6. The highest BCUT2D eigenvalue weighted by atomic mass is 31.2. The molecule has 29 heavy (non-hydrogen) atoms. The van der Waals surface area contributed by atoms with Gasteiger partial charge in [-0.25, -0.2) is 0 Å².